The maximum absolute atomic E-state index is 13.1. The number of aliphatic hydroxyl groups is 11. The highest BCUT2D eigenvalue weighted by atomic mass is 16.8. The molecule has 3 saturated heterocycles. The Morgan fingerprint density at radius 3 is 1.47 bits per heavy atom. The first kappa shape index (κ1) is 59.5. The van der Waals surface area contributed by atoms with Crippen LogP contribution in [0.15, 0.2) is 72.9 Å². The van der Waals surface area contributed by atoms with E-state index in [1.165, 1.54) is 0 Å². The van der Waals surface area contributed by atoms with Gasteiger partial charge in [0.1, 0.15) is 73.2 Å². The van der Waals surface area contributed by atoms with E-state index in [-0.39, 0.29) is 18.9 Å². The Balaban J connectivity index is 1.51. The molecule has 0 aliphatic carbocycles. The minimum absolute atomic E-state index is 0.135. The van der Waals surface area contributed by atoms with Crippen LogP contribution in [0, 0.1) is 0 Å². The Morgan fingerprint density at radius 2 is 0.985 bits per heavy atom. The van der Waals surface area contributed by atoms with Gasteiger partial charge in [-0.05, 0) is 51.4 Å². The van der Waals surface area contributed by atoms with Gasteiger partial charge in [0.05, 0.1) is 38.6 Å². The number of carbonyl (C=O) groups excluding carboxylic acids is 1. The fourth-order valence-electron chi connectivity index (χ4n) is 7.74. The van der Waals surface area contributed by atoms with Crippen molar-refractivity contribution in [2.45, 2.75) is 202 Å². The molecule has 3 heterocycles. The van der Waals surface area contributed by atoms with E-state index in [0.717, 1.165) is 51.4 Å². The first-order valence-electron chi connectivity index (χ1n) is 24.2. The smallest absolute Gasteiger partial charge is 0.220 e. The quantitative estimate of drug-likeness (QED) is 0.0337. The molecule has 390 valence electrons. The minimum atomic E-state index is -1.98. The van der Waals surface area contributed by atoms with E-state index in [4.69, 9.17) is 28.4 Å². The molecular formula is C49H81NO18. The average Bonchev–Trinajstić information content (AvgIpc) is 3.33. The summed E-state index contributed by atoms with van der Waals surface area (Å²) in [6.45, 7) is 1.41. The SMILES string of the molecule is CC/C=C\C/C=C\C/C=C\C/C=C\C/C=C\C/C=C\CCC(=O)NC(COC1OC(CO)C(OC2OC(CO)C(OC3OC(CO)C(O)C(O)C3O)C(O)C2O)C(O)C1O)C(O)CCCCCC. The number of unbranched alkanes of at least 4 members (excludes halogenated alkanes) is 3. The molecule has 3 rings (SSSR count). The first-order chi connectivity index (χ1) is 32.8. The predicted molar refractivity (Wildman–Crippen MR) is 249 cm³/mol. The number of allylic oxidation sites excluding steroid dienone is 12. The van der Waals surface area contributed by atoms with Crippen molar-refractivity contribution < 1.29 is 89.4 Å². The molecule has 0 spiro atoms. The molecule has 68 heavy (non-hydrogen) atoms. The van der Waals surface area contributed by atoms with Crippen LogP contribution in [0.3, 0.4) is 0 Å². The van der Waals surface area contributed by atoms with E-state index in [2.05, 4.69) is 79.9 Å². The molecule has 17 atom stereocenters. The van der Waals surface area contributed by atoms with Crippen LogP contribution in [0.1, 0.15) is 97.3 Å². The summed E-state index contributed by atoms with van der Waals surface area (Å²) < 4.78 is 33.9. The molecule has 0 bridgehead atoms. The lowest BCUT2D eigenvalue weighted by Gasteiger charge is -2.48. The average molecular weight is 972 g/mol. The Kier molecular flexibility index (Phi) is 29.5. The number of carbonyl (C=O) groups is 1. The molecule has 12 N–H and O–H groups in total. The van der Waals surface area contributed by atoms with E-state index in [0.29, 0.717) is 25.7 Å². The van der Waals surface area contributed by atoms with E-state index in [9.17, 15) is 61.0 Å². The highest BCUT2D eigenvalue weighted by Gasteiger charge is 2.53. The Hall–Kier alpha value is -2.77. The standard InChI is InChI=1S/C49H81NO18/c1-3-5-7-9-10-11-12-13-14-15-16-17-18-19-20-21-22-23-25-27-37(55)50-32(33(54)26-24-8-6-4-2)31-63-47-43(61)40(58)45(35(29-52)65-47)68-49-44(62)41(59)46(36(30-53)66-49)67-48-42(60)39(57)38(56)34(28-51)64-48/h5,7,10-11,13-14,16-17,19-20,22-23,32-36,38-49,51-54,56-62H,3-4,6,8-9,12,15,18,21,24-31H2,1-2H3,(H,50,55)/b7-5-,11-10-,14-13-,17-16-,20-19-,23-22-. The number of ether oxygens (including phenoxy) is 6. The summed E-state index contributed by atoms with van der Waals surface area (Å²) in [6, 6.07) is -0.926. The molecule has 3 fully saturated rings. The number of hydrogen-bond donors (Lipinski definition) is 12. The summed E-state index contributed by atoms with van der Waals surface area (Å²) in [5.41, 5.74) is 0. The van der Waals surface area contributed by atoms with Gasteiger partial charge < -0.3 is 89.9 Å². The zero-order chi connectivity index (χ0) is 49.8. The topological polar surface area (TPSA) is 307 Å². The second kappa shape index (κ2) is 33.7. The van der Waals surface area contributed by atoms with Crippen molar-refractivity contribution in [2.75, 3.05) is 26.4 Å². The molecule has 0 aromatic rings. The van der Waals surface area contributed by atoms with Crippen molar-refractivity contribution in [3.05, 3.63) is 72.9 Å². The van der Waals surface area contributed by atoms with E-state index in [1.807, 2.05) is 12.2 Å². The van der Waals surface area contributed by atoms with Crippen LogP contribution in [0.2, 0.25) is 0 Å². The monoisotopic (exact) mass is 972 g/mol. The highest BCUT2D eigenvalue weighted by Crippen LogP contribution is 2.33. The zero-order valence-corrected chi connectivity index (χ0v) is 39.5. The summed E-state index contributed by atoms with van der Waals surface area (Å²) in [5.74, 6) is -0.340. The maximum Gasteiger partial charge on any atom is 0.220 e. The molecule has 0 aromatic carbocycles. The van der Waals surface area contributed by atoms with Crippen molar-refractivity contribution in [3.8, 4) is 0 Å². The van der Waals surface area contributed by atoms with Gasteiger partial charge in [0.15, 0.2) is 18.9 Å². The molecule has 3 aliphatic heterocycles. The highest BCUT2D eigenvalue weighted by molar-refractivity contribution is 5.76. The van der Waals surface area contributed by atoms with Crippen LogP contribution in [0.5, 0.6) is 0 Å². The van der Waals surface area contributed by atoms with Gasteiger partial charge in [-0.3, -0.25) is 4.79 Å². The van der Waals surface area contributed by atoms with Crippen molar-refractivity contribution in [1.82, 2.24) is 5.32 Å². The molecule has 19 nitrogen and oxygen atoms in total. The molecule has 1 amide bonds. The van der Waals surface area contributed by atoms with Crippen LogP contribution in [0.4, 0.5) is 0 Å². The zero-order valence-electron chi connectivity index (χ0n) is 39.5. The third-order valence-corrected chi connectivity index (χ3v) is 11.8. The second-order valence-corrected chi connectivity index (χ2v) is 17.2. The minimum Gasteiger partial charge on any atom is -0.394 e. The third kappa shape index (κ3) is 19.8. The van der Waals surface area contributed by atoms with Gasteiger partial charge in [-0.1, -0.05) is 112 Å². The fraction of sp³-hybridized carbons (Fsp3) is 0.735. The lowest BCUT2D eigenvalue weighted by atomic mass is 9.96. The van der Waals surface area contributed by atoms with Gasteiger partial charge in [-0.2, -0.15) is 0 Å². The normalized spacial score (nSPS) is 33.8. The van der Waals surface area contributed by atoms with E-state index >= 15 is 0 Å². The van der Waals surface area contributed by atoms with Gasteiger partial charge in [-0.15, -0.1) is 0 Å². The van der Waals surface area contributed by atoms with Crippen molar-refractivity contribution in [3.63, 3.8) is 0 Å². The third-order valence-electron chi connectivity index (χ3n) is 11.8. The van der Waals surface area contributed by atoms with Gasteiger partial charge in [0.25, 0.3) is 0 Å². The van der Waals surface area contributed by atoms with Crippen LogP contribution in [-0.2, 0) is 33.2 Å². The van der Waals surface area contributed by atoms with Gasteiger partial charge in [0.2, 0.25) is 5.91 Å². The molecule has 19 heteroatoms. The van der Waals surface area contributed by atoms with Crippen LogP contribution >= 0.6 is 0 Å². The van der Waals surface area contributed by atoms with Gasteiger partial charge in [-0.25, -0.2) is 0 Å². The molecule has 17 unspecified atom stereocenters. The van der Waals surface area contributed by atoms with Crippen molar-refractivity contribution in [1.29, 1.82) is 0 Å². The molecular weight excluding hydrogens is 891 g/mol. The lowest BCUT2D eigenvalue weighted by Crippen LogP contribution is -2.66. The number of hydrogen-bond acceptors (Lipinski definition) is 18. The predicted octanol–water partition coefficient (Wildman–Crippen LogP) is 0.745. The number of nitrogens with one attached hydrogen (secondary N) is 1. The summed E-state index contributed by atoms with van der Waals surface area (Å²) in [5, 5.41) is 119. The van der Waals surface area contributed by atoms with Crippen LogP contribution in [0.25, 0.3) is 0 Å². The molecule has 3 aliphatic rings. The largest absolute Gasteiger partial charge is 0.394 e. The fourth-order valence-corrected chi connectivity index (χ4v) is 7.74. The maximum atomic E-state index is 13.1. The summed E-state index contributed by atoms with van der Waals surface area (Å²) in [7, 11) is 0. The number of aliphatic hydroxyl groups excluding tert-OH is 11. The molecule has 0 aromatic heterocycles. The second-order valence-electron chi connectivity index (χ2n) is 17.2. The van der Waals surface area contributed by atoms with Crippen LogP contribution < -0.4 is 5.32 Å². The first-order valence-corrected chi connectivity index (χ1v) is 24.2. The summed E-state index contributed by atoms with van der Waals surface area (Å²) >= 11 is 0. The van der Waals surface area contributed by atoms with Crippen LogP contribution in [-0.4, -0.2) is 193 Å². The Morgan fingerprint density at radius 1 is 0.544 bits per heavy atom. The van der Waals surface area contributed by atoms with E-state index < -0.39 is 124 Å². The van der Waals surface area contributed by atoms with Gasteiger partial charge >= 0.3 is 0 Å². The summed E-state index contributed by atoms with van der Waals surface area (Å²) in [6.07, 6.45) is 8.36. The van der Waals surface area contributed by atoms with Crippen molar-refractivity contribution in [2.24, 2.45) is 0 Å². The number of rotatable bonds is 31. The van der Waals surface area contributed by atoms with Crippen molar-refractivity contribution >= 4 is 5.91 Å². The lowest BCUT2D eigenvalue weighted by molar-refractivity contribution is -0.379. The van der Waals surface area contributed by atoms with Gasteiger partial charge in [0, 0.05) is 6.42 Å². The molecule has 0 saturated carbocycles. The van der Waals surface area contributed by atoms with E-state index in [1.54, 1.807) is 0 Å². The summed E-state index contributed by atoms with van der Waals surface area (Å²) in [4.78, 5) is 13.1. The Labute approximate surface area is 400 Å². The number of amides is 1. The Bertz CT molecular complexity index is 1540. The molecule has 0 radical (unpaired) electrons.